The molecule has 4 rings (SSSR count). The lowest BCUT2D eigenvalue weighted by Gasteiger charge is -2.40. The summed E-state index contributed by atoms with van der Waals surface area (Å²) in [7, 11) is -4.27. The van der Waals surface area contributed by atoms with E-state index in [1.54, 1.807) is 10.3 Å². The van der Waals surface area contributed by atoms with Crippen LogP contribution in [-0.4, -0.2) is 81.8 Å². The molecule has 9 nitrogen and oxygen atoms in total. The first-order chi connectivity index (χ1) is 18.2. The average molecular weight is 721 g/mol. The van der Waals surface area contributed by atoms with Gasteiger partial charge in [-0.3, -0.25) is 14.4 Å². The van der Waals surface area contributed by atoms with Crippen LogP contribution < -0.4 is 10.6 Å². The summed E-state index contributed by atoms with van der Waals surface area (Å²) in [4.78, 5) is 44.7. The van der Waals surface area contributed by atoms with E-state index in [0.717, 1.165) is 4.90 Å². The number of carbonyl (C=O) groups excluding carboxylic acids is 3. The molecular formula is C23H25ClF3IN4O5S2. The number of fused-ring (bicyclic) bond motifs is 1. The van der Waals surface area contributed by atoms with Gasteiger partial charge >= 0.3 is 0 Å². The highest BCUT2D eigenvalue weighted by Gasteiger charge is 2.50. The van der Waals surface area contributed by atoms with Crippen molar-refractivity contribution in [2.75, 3.05) is 24.3 Å². The van der Waals surface area contributed by atoms with Crippen LogP contribution in [0.1, 0.15) is 29.8 Å². The Balaban J connectivity index is 1.68. The van der Waals surface area contributed by atoms with Crippen molar-refractivity contribution in [3.8, 4) is 0 Å². The van der Waals surface area contributed by atoms with Crippen molar-refractivity contribution >= 4 is 85.0 Å². The first kappa shape index (κ1) is 30.0. The zero-order valence-electron chi connectivity index (χ0n) is 20.7. The molecule has 3 atom stereocenters. The summed E-state index contributed by atoms with van der Waals surface area (Å²) in [6.07, 6.45) is 0.849. The van der Waals surface area contributed by atoms with Crippen LogP contribution in [0, 0.1) is 5.92 Å². The topological polar surface area (TPSA) is 128 Å². The molecule has 2 aromatic rings. The second-order valence-electron chi connectivity index (χ2n) is 9.27. The van der Waals surface area contributed by atoms with Crippen LogP contribution in [0.2, 0.25) is 5.02 Å². The van der Waals surface area contributed by atoms with Gasteiger partial charge in [0.1, 0.15) is 11.7 Å². The number of aromatic amines is 1. The number of sulfone groups is 1. The van der Waals surface area contributed by atoms with Crippen molar-refractivity contribution in [1.29, 1.82) is 0 Å². The number of thiophene rings is 1. The second kappa shape index (κ2) is 11.5. The molecule has 2 aromatic heterocycles. The number of carbonyl (C=O) groups is 3. The van der Waals surface area contributed by atoms with E-state index < -0.39 is 87.9 Å². The minimum atomic E-state index is -4.27. The second-order valence-corrected chi connectivity index (χ2v) is 14.8. The van der Waals surface area contributed by atoms with E-state index in [2.05, 4.69) is 15.6 Å². The number of halogens is 5. The lowest BCUT2D eigenvalue weighted by atomic mass is 9.95. The van der Waals surface area contributed by atoms with Crippen LogP contribution in [0.3, 0.4) is 0 Å². The van der Waals surface area contributed by atoms with E-state index >= 15 is 8.78 Å². The maximum atomic E-state index is 15.0. The fourth-order valence-corrected chi connectivity index (χ4v) is 8.43. The SMILES string of the molecule is CI=C1[C@@H](C(=O)N[C@H](/C=C(\F)S(C)(=O)=O)C[C@@H]2CCNC2=O)N(C(=O)c2cc3scc(Cl)c3[nH]2)CCC1(F)F. The van der Waals surface area contributed by atoms with Crippen molar-refractivity contribution in [2.24, 2.45) is 5.92 Å². The fourth-order valence-electron chi connectivity index (χ4n) is 4.60. The Morgan fingerprint density at radius 1 is 1.41 bits per heavy atom. The first-order valence-electron chi connectivity index (χ1n) is 11.7. The molecule has 0 aliphatic carbocycles. The van der Waals surface area contributed by atoms with Crippen molar-refractivity contribution in [3.05, 3.63) is 33.4 Å². The maximum absolute atomic E-state index is 15.0. The summed E-state index contributed by atoms with van der Waals surface area (Å²) in [5.74, 6) is -6.01. The van der Waals surface area contributed by atoms with Crippen LogP contribution in [0.25, 0.3) is 10.2 Å². The van der Waals surface area contributed by atoms with Gasteiger partial charge in [-0.15, -0.1) is 32.1 Å². The number of hydrogen-bond donors (Lipinski definition) is 3. The third-order valence-corrected chi connectivity index (χ3v) is 11.3. The Bertz CT molecular complexity index is 1490. The fraction of sp³-hybridized carbons (Fsp3) is 0.478. The number of likely N-dealkylation sites (tertiary alicyclic amines) is 1. The lowest BCUT2D eigenvalue weighted by Crippen LogP contribution is -2.62. The lowest BCUT2D eigenvalue weighted by molar-refractivity contribution is -0.126. The quantitative estimate of drug-likeness (QED) is 0.299. The molecule has 2 saturated heterocycles. The van der Waals surface area contributed by atoms with E-state index in [0.29, 0.717) is 40.5 Å². The number of nitrogens with zero attached hydrogens (tertiary/aromatic N) is 1. The predicted octanol–water partition coefficient (Wildman–Crippen LogP) is 3.37. The average Bonchev–Trinajstić information content (AvgIpc) is 3.55. The largest absolute Gasteiger partial charge is 0.356 e. The van der Waals surface area contributed by atoms with Crippen LogP contribution in [0.15, 0.2) is 22.7 Å². The van der Waals surface area contributed by atoms with Gasteiger partial charge in [-0.1, -0.05) is 11.6 Å². The number of rotatable bonds is 7. The molecule has 3 N–H and O–H groups in total. The van der Waals surface area contributed by atoms with Crippen LogP contribution in [-0.2, 0) is 19.4 Å². The Kier molecular flexibility index (Phi) is 8.83. The van der Waals surface area contributed by atoms with Gasteiger partial charge < -0.3 is 20.5 Å². The van der Waals surface area contributed by atoms with E-state index in [9.17, 15) is 27.2 Å². The Morgan fingerprint density at radius 2 is 2.13 bits per heavy atom. The van der Waals surface area contributed by atoms with E-state index in [1.807, 2.05) is 0 Å². The van der Waals surface area contributed by atoms with Gasteiger partial charge in [-0.05, 0) is 29.9 Å². The molecule has 2 fully saturated rings. The number of aromatic nitrogens is 1. The number of alkyl halides is 3. The zero-order valence-corrected chi connectivity index (χ0v) is 25.2. The van der Waals surface area contributed by atoms with E-state index in [-0.39, 0.29) is 18.0 Å². The molecule has 2 aliphatic heterocycles. The predicted molar refractivity (Wildman–Crippen MR) is 152 cm³/mol. The molecule has 16 heteroatoms. The van der Waals surface area contributed by atoms with Crippen molar-refractivity contribution in [3.63, 3.8) is 0 Å². The van der Waals surface area contributed by atoms with Crippen molar-refractivity contribution in [1.82, 2.24) is 20.5 Å². The molecule has 4 heterocycles. The molecule has 214 valence electrons. The van der Waals surface area contributed by atoms with E-state index in [4.69, 9.17) is 11.6 Å². The Morgan fingerprint density at radius 3 is 2.72 bits per heavy atom. The third-order valence-electron chi connectivity index (χ3n) is 6.54. The van der Waals surface area contributed by atoms with Crippen LogP contribution in [0.5, 0.6) is 0 Å². The van der Waals surface area contributed by atoms with Crippen molar-refractivity contribution < 1.29 is 36.0 Å². The normalized spacial score (nSPS) is 23.9. The summed E-state index contributed by atoms with van der Waals surface area (Å²) >= 11 is 6.05. The standard InChI is InChI=1S/C23H25ClF3IN4O5S2/c1-28-19-18(21(34)30-12(8-16(25)39(2,36)37)7-11-3-5-29-20(11)33)32(6-4-23(19,26)27)22(35)14-9-15-17(31-14)13(24)10-38-15/h8-12,18,31H,3-7H2,1-2H3,(H,29,33)(H,30,34)/b16-8+/t11-,12-,18-/m0/s1. The minimum Gasteiger partial charge on any atom is -0.356 e. The Labute approximate surface area is 241 Å². The number of hydrogen-bond acceptors (Lipinski definition) is 6. The van der Waals surface area contributed by atoms with Gasteiger partial charge in [0.25, 0.3) is 11.8 Å². The maximum Gasteiger partial charge on any atom is 0.278 e. The number of H-pyrrole nitrogens is 1. The zero-order chi connectivity index (χ0) is 28.7. The summed E-state index contributed by atoms with van der Waals surface area (Å²) in [6.45, 7) is -0.0732. The smallest absolute Gasteiger partial charge is 0.278 e. The summed E-state index contributed by atoms with van der Waals surface area (Å²) in [5, 5.41) is 5.59. The third kappa shape index (κ3) is 6.35. The summed E-state index contributed by atoms with van der Waals surface area (Å²) < 4.78 is 68.2. The molecular weight excluding hydrogens is 696 g/mol. The minimum absolute atomic E-state index is 0.0672. The monoisotopic (exact) mass is 720 g/mol. The molecule has 0 bridgehead atoms. The number of piperidine rings is 1. The van der Waals surface area contributed by atoms with Gasteiger partial charge in [0.15, 0.2) is 0 Å². The molecule has 0 saturated carbocycles. The van der Waals surface area contributed by atoms with Crippen LogP contribution in [0.4, 0.5) is 13.2 Å². The first-order valence-corrected chi connectivity index (χ1v) is 18.1. The highest BCUT2D eigenvalue weighted by atomic mass is 127. The molecule has 0 radical (unpaired) electrons. The van der Waals surface area contributed by atoms with Gasteiger partial charge in [0.2, 0.25) is 26.8 Å². The summed E-state index contributed by atoms with van der Waals surface area (Å²) in [6, 6.07) is -1.45. The highest BCUT2D eigenvalue weighted by Crippen LogP contribution is 2.35. The molecule has 39 heavy (non-hydrogen) atoms. The highest BCUT2D eigenvalue weighted by molar-refractivity contribution is 14.2. The molecule has 2 aliphatic rings. The van der Waals surface area contributed by atoms with Crippen LogP contribution >= 0.6 is 43.7 Å². The number of nitrogens with one attached hydrogen (secondary N) is 3. The molecule has 0 spiro atoms. The van der Waals surface area contributed by atoms with Gasteiger partial charge in [-0.25, -0.2) is 17.2 Å². The number of amides is 3. The Hall–Kier alpha value is -1.98. The van der Waals surface area contributed by atoms with Gasteiger partial charge in [0.05, 0.1) is 24.8 Å². The van der Waals surface area contributed by atoms with Crippen molar-refractivity contribution in [2.45, 2.75) is 37.3 Å². The van der Waals surface area contributed by atoms with E-state index in [1.165, 1.54) is 17.4 Å². The van der Waals surface area contributed by atoms with Gasteiger partial charge in [0, 0.05) is 37.1 Å². The molecule has 3 amide bonds. The molecule has 0 unspecified atom stereocenters. The summed E-state index contributed by atoms with van der Waals surface area (Å²) in [5.41, 5.74) is 0.578. The van der Waals surface area contributed by atoms with Gasteiger partial charge in [-0.2, -0.15) is 4.39 Å². The molecule has 0 aromatic carbocycles.